The Balaban J connectivity index is 1.25. The first kappa shape index (κ1) is 32.5. The van der Waals surface area contributed by atoms with Crippen molar-refractivity contribution in [1.29, 1.82) is 0 Å². The maximum absolute atomic E-state index is 16.4. The first-order valence-electron chi connectivity index (χ1n) is 19.5. The predicted molar refractivity (Wildman–Crippen MR) is 208 cm³/mol. The van der Waals surface area contributed by atoms with Gasteiger partial charge in [-0.2, -0.15) is 9.13 Å². The molecule has 0 spiro atoms. The smallest absolute Gasteiger partial charge is 0.207 e. The molecule has 3 unspecified atom stereocenters. The third-order valence-corrected chi connectivity index (χ3v) is 13.8. The van der Waals surface area contributed by atoms with Gasteiger partial charge in [0.05, 0.1) is 21.8 Å². The van der Waals surface area contributed by atoms with Crippen molar-refractivity contribution in [2.75, 3.05) is 0 Å². The molecule has 0 bridgehead atoms. The minimum Gasteiger partial charge on any atom is -0.207 e. The molecule has 0 N–H and O–H groups in total. The maximum Gasteiger partial charge on any atom is 0.221 e. The molecule has 6 aromatic rings. The van der Waals surface area contributed by atoms with Gasteiger partial charge >= 0.3 is 0 Å². The van der Waals surface area contributed by atoms with Crippen LogP contribution >= 0.6 is 0 Å². The van der Waals surface area contributed by atoms with Crippen LogP contribution in [0.2, 0.25) is 0 Å². The number of benzene rings is 4. The average molecular weight is 675 g/mol. The van der Waals surface area contributed by atoms with E-state index in [0.717, 1.165) is 37.8 Å². The molecule has 51 heavy (non-hydrogen) atoms. The molecule has 3 heterocycles. The molecule has 4 aromatic carbocycles. The number of aryl methyl sites for hydroxylation is 4. The lowest BCUT2D eigenvalue weighted by atomic mass is 9.65. The van der Waals surface area contributed by atoms with Gasteiger partial charge < -0.3 is 0 Å². The highest BCUT2D eigenvalue weighted by atomic mass is 19.1. The highest BCUT2D eigenvalue weighted by Crippen LogP contribution is 2.74. The minimum atomic E-state index is -0.434. The summed E-state index contributed by atoms with van der Waals surface area (Å²) in [5, 5.41) is 5.29. The standard InChI is InChI=1S/C48H51FN2/c1-8-11-14-32-19-20-37-41-34(32)24-28-51-45(41)42-38(21-22-39(49)43(42)46(37,6)7)47(9-2)40(48(47,51)10-3)25-27-50-26-23-33-15-12-13-16-35(33)44(50)36-29-30(4)17-18-31(36)5/h12-13,15-24,26,28-29,40H,8-11,14,25,27H2,1-7H3/q+2. The minimum absolute atomic E-state index is 0.0604. The van der Waals surface area contributed by atoms with Gasteiger partial charge in [0.25, 0.3) is 0 Å². The van der Waals surface area contributed by atoms with Gasteiger partial charge in [-0.05, 0) is 84.3 Å². The summed E-state index contributed by atoms with van der Waals surface area (Å²) in [7, 11) is 0. The van der Waals surface area contributed by atoms with Gasteiger partial charge in [0.1, 0.15) is 12.4 Å². The normalized spacial score (nSPS) is 22.0. The molecule has 2 aromatic heterocycles. The van der Waals surface area contributed by atoms with Crippen LogP contribution in [0.3, 0.4) is 0 Å². The molecule has 1 saturated carbocycles. The van der Waals surface area contributed by atoms with Crippen LogP contribution in [0.15, 0.2) is 91.3 Å². The number of hydrogen-bond donors (Lipinski definition) is 0. The van der Waals surface area contributed by atoms with Gasteiger partial charge in [0.15, 0.2) is 17.9 Å². The fourth-order valence-corrected chi connectivity index (χ4v) is 11.5. The van der Waals surface area contributed by atoms with Crippen LogP contribution in [-0.4, -0.2) is 0 Å². The van der Waals surface area contributed by atoms with Crippen molar-refractivity contribution < 1.29 is 13.5 Å². The van der Waals surface area contributed by atoms with Gasteiger partial charge in [-0.15, -0.1) is 0 Å². The molecular formula is C48H51FN2+2. The second-order valence-electron chi connectivity index (χ2n) is 16.4. The van der Waals surface area contributed by atoms with E-state index in [1.165, 1.54) is 84.7 Å². The van der Waals surface area contributed by atoms with E-state index in [4.69, 9.17) is 0 Å². The molecule has 2 nitrogen and oxygen atoms in total. The van der Waals surface area contributed by atoms with E-state index in [0.29, 0.717) is 5.92 Å². The molecule has 258 valence electrons. The Morgan fingerprint density at radius 3 is 2.37 bits per heavy atom. The number of pyridine rings is 2. The van der Waals surface area contributed by atoms with Crippen molar-refractivity contribution in [3.63, 3.8) is 0 Å². The molecule has 3 aliphatic rings. The van der Waals surface area contributed by atoms with Crippen LogP contribution in [0, 0.1) is 25.6 Å². The zero-order valence-corrected chi connectivity index (χ0v) is 31.5. The number of nitrogens with zero attached hydrogens (tertiary/aromatic N) is 2. The van der Waals surface area contributed by atoms with Crippen molar-refractivity contribution in [3.05, 3.63) is 130 Å². The van der Waals surface area contributed by atoms with Crippen LogP contribution in [0.1, 0.15) is 100 Å². The summed E-state index contributed by atoms with van der Waals surface area (Å²) in [6, 6.07) is 29.0. The number of fused-ring (bicyclic) bond motifs is 4. The summed E-state index contributed by atoms with van der Waals surface area (Å²) < 4.78 is 21.6. The lowest BCUT2D eigenvalue weighted by molar-refractivity contribution is -0.739. The van der Waals surface area contributed by atoms with Crippen LogP contribution in [0.4, 0.5) is 4.39 Å². The zero-order valence-electron chi connectivity index (χ0n) is 31.5. The van der Waals surface area contributed by atoms with Crippen molar-refractivity contribution in [3.8, 4) is 22.5 Å². The van der Waals surface area contributed by atoms with Gasteiger partial charge in [-0.3, -0.25) is 0 Å². The Hall–Kier alpha value is -4.37. The van der Waals surface area contributed by atoms with Crippen LogP contribution in [0.5, 0.6) is 0 Å². The van der Waals surface area contributed by atoms with Gasteiger partial charge in [0, 0.05) is 47.4 Å². The van der Waals surface area contributed by atoms with E-state index in [-0.39, 0.29) is 16.8 Å². The quantitative estimate of drug-likeness (QED) is 0.135. The van der Waals surface area contributed by atoms with Crippen LogP contribution in [-0.2, 0) is 29.3 Å². The summed E-state index contributed by atoms with van der Waals surface area (Å²) >= 11 is 0. The number of unbranched alkanes of at least 4 members (excludes halogenated alkanes) is 1. The van der Waals surface area contributed by atoms with Crippen LogP contribution < -0.4 is 9.13 Å². The maximum atomic E-state index is 16.4. The summed E-state index contributed by atoms with van der Waals surface area (Å²) in [6.07, 6.45) is 11.3. The SMILES string of the molecule is CCCCc1ccc2c3c4[n+](ccc13)C1(CC)C(CC[n+]3ccc5ccccc5c3-c3cc(C)ccc3C)C1(CC)c1ccc(F)c(c1-4)C2(C)C. The fourth-order valence-electron chi connectivity index (χ4n) is 11.5. The van der Waals surface area contributed by atoms with Crippen LogP contribution in [0.25, 0.3) is 44.1 Å². The molecule has 9 rings (SSSR count). The predicted octanol–water partition coefficient (Wildman–Crippen LogP) is 11.1. The van der Waals surface area contributed by atoms with Gasteiger partial charge in [0.2, 0.25) is 11.4 Å². The highest BCUT2D eigenvalue weighted by Gasteiger charge is 2.85. The molecule has 0 amide bonds. The third kappa shape index (κ3) is 4.10. The summed E-state index contributed by atoms with van der Waals surface area (Å²) in [4.78, 5) is 0. The molecular weight excluding hydrogens is 624 g/mol. The summed E-state index contributed by atoms with van der Waals surface area (Å²) in [5.74, 6) is 0.347. The topological polar surface area (TPSA) is 7.76 Å². The Labute approximate surface area is 303 Å². The Kier molecular flexibility index (Phi) is 7.22. The summed E-state index contributed by atoms with van der Waals surface area (Å²) in [6.45, 7) is 16.9. The van der Waals surface area contributed by atoms with Gasteiger partial charge in [-0.1, -0.05) is 95.1 Å². The lowest BCUT2D eigenvalue weighted by Gasteiger charge is -2.39. The number of aromatic nitrogens is 2. The Bertz CT molecular complexity index is 2420. The molecule has 0 radical (unpaired) electrons. The second-order valence-corrected chi connectivity index (χ2v) is 16.4. The highest BCUT2D eigenvalue weighted by molar-refractivity contribution is 6.03. The van der Waals surface area contributed by atoms with E-state index >= 15 is 4.39 Å². The molecule has 3 heteroatoms. The number of rotatable bonds is 9. The third-order valence-electron chi connectivity index (χ3n) is 13.8. The Morgan fingerprint density at radius 1 is 0.784 bits per heavy atom. The fraction of sp³-hybridized carbons (Fsp3) is 0.375. The molecule has 2 aliphatic carbocycles. The van der Waals surface area contributed by atoms with Crippen molar-refractivity contribution in [2.24, 2.45) is 5.92 Å². The molecule has 3 atom stereocenters. The summed E-state index contributed by atoms with van der Waals surface area (Å²) in [5.41, 5.74) is 12.1. The number of halogens is 1. The lowest BCUT2D eigenvalue weighted by Crippen LogP contribution is -2.56. The van der Waals surface area contributed by atoms with Crippen molar-refractivity contribution in [1.82, 2.24) is 0 Å². The van der Waals surface area contributed by atoms with E-state index < -0.39 is 5.41 Å². The van der Waals surface area contributed by atoms with Crippen molar-refractivity contribution in [2.45, 2.75) is 110 Å². The first-order valence-corrected chi connectivity index (χ1v) is 19.5. The number of hydrogen-bond acceptors (Lipinski definition) is 0. The van der Waals surface area contributed by atoms with Crippen molar-refractivity contribution >= 4 is 21.5 Å². The molecule has 1 aliphatic heterocycles. The van der Waals surface area contributed by atoms with E-state index in [1.54, 1.807) is 6.07 Å². The largest absolute Gasteiger partial charge is 0.221 e. The first-order chi connectivity index (χ1) is 24.6. The molecule has 1 fully saturated rings. The van der Waals surface area contributed by atoms with E-state index in [2.05, 4.69) is 143 Å². The zero-order chi connectivity index (χ0) is 35.4. The average Bonchev–Trinajstić information content (AvgIpc) is 3.75. The monoisotopic (exact) mass is 674 g/mol. The van der Waals surface area contributed by atoms with Gasteiger partial charge in [-0.25, -0.2) is 4.39 Å². The Morgan fingerprint density at radius 2 is 1.59 bits per heavy atom. The van der Waals surface area contributed by atoms with E-state index in [9.17, 15) is 0 Å². The second kappa shape index (κ2) is 11.3. The molecule has 0 saturated heterocycles. The van der Waals surface area contributed by atoms with E-state index in [1.807, 2.05) is 0 Å².